The highest BCUT2D eigenvalue weighted by atomic mass is 16.4. The Morgan fingerprint density at radius 1 is 1.45 bits per heavy atom. The molecule has 0 radical (unpaired) electrons. The van der Waals surface area contributed by atoms with Crippen molar-refractivity contribution >= 4 is 5.97 Å². The predicted molar refractivity (Wildman–Crippen MR) is 91.6 cm³/mol. The molecule has 2 rings (SSSR count). The van der Waals surface area contributed by atoms with Gasteiger partial charge in [0, 0.05) is 11.0 Å². The number of carboxylic acids is 1. The average Bonchev–Trinajstić information content (AvgIpc) is 2.48. The fraction of sp³-hybridized carbons (Fsp3) is 0.650. The third-order valence-corrected chi connectivity index (χ3v) is 6.62. The van der Waals surface area contributed by atoms with Crippen molar-refractivity contribution < 1.29 is 9.90 Å². The first kappa shape index (κ1) is 17.1. The Labute approximate surface area is 135 Å². The molecule has 22 heavy (non-hydrogen) atoms. The minimum Gasteiger partial charge on any atom is -0.478 e. The van der Waals surface area contributed by atoms with Gasteiger partial charge in [-0.05, 0) is 56.3 Å². The van der Waals surface area contributed by atoms with Crippen LogP contribution in [-0.4, -0.2) is 11.1 Å². The van der Waals surface area contributed by atoms with E-state index in [1.54, 1.807) is 0 Å². The Bertz CT molecular complexity index is 528. The second kappa shape index (κ2) is 6.06. The van der Waals surface area contributed by atoms with Gasteiger partial charge >= 0.3 is 5.97 Å². The predicted octanol–water partition coefficient (Wildman–Crippen LogP) is 5.37. The van der Waals surface area contributed by atoms with E-state index in [9.17, 15) is 9.90 Å². The Morgan fingerprint density at radius 2 is 2.14 bits per heavy atom. The zero-order valence-corrected chi connectivity index (χ0v) is 14.5. The van der Waals surface area contributed by atoms with Crippen LogP contribution in [-0.2, 0) is 4.79 Å². The lowest BCUT2D eigenvalue weighted by molar-refractivity contribution is -0.136. The number of hydrogen-bond acceptors (Lipinski definition) is 1. The minimum absolute atomic E-state index is 0.159. The molecule has 4 unspecified atom stereocenters. The molecule has 1 N–H and O–H groups in total. The van der Waals surface area contributed by atoms with Gasteiger partial charge in [0.1, 0.15) is 0 Å². The third kappa shape index (κ3) is 2.68. The topological polar surface area (TPSA) is 37.3 Å². The molecule has 0 amide bonds. The molecule has 0 saturated heterocycles. The lowest BCUT2D eigenvalue weighted by Crippen LogP contribution is -2.50. The second-order valence-corrected chi connectivity index (χ2v) is 7.77. The first-order chi connectivity index (χ1) is 10.3. The SMILES string of the molecule is C=CC(C)=CCC1(C)C(C)CCC2(C)C(C(=O)O)=CCCC21. The molecule has 4 atom stereocenters. The molecule has 0 spiro atoms. The van der Waals surface area contributed by atoms with Crippen molar-refractivity contribution in [1.82, 2.24) is 0 Å². The van der Waals surface area contributed by atoms with Gasteiger partial charge in [0.2, 0.25) is 0 Å². The van der Waals surface area contributed by atoms with Crippen LogP contribution in [0.5, 0.6) is 0 Å². The molecule has 1 saturated carbocycles. The van der Waals surface area contributed by atoms with Crippen LogP contribution in [0.1, 0.15) is 59.8 Å². The van der Waals surface area contributed by atoms with Crippen LogP contribution in [0.25, 0.3) is 0 Å². The summed E-state index contributed by atoms with van der Waals surface area (Å²) in [5, 5.41) is 9.64. The molecule has 0 aromatic heterocycles. The highest BCUT2D eigenvalue weighted by Crippen LogP contribution is 2.61. The van der Waals surface area contributed by atoms with Gasteiger partial charge in [-0.3, -0.25) is 0 Å². The molecule has 2 aliphatic carbocycles. The lowest BCUT2D eigenvalue weighted by Gasteiger charge is -2.57. The first-order valence-electron chi connectivity index (χ1n) is 8.49. The number of carboxylic acid groups (broad SMARTS) is 1. The molecule has 0 aliphatic heterocycles. The van der Waals surface area contributed by atoms with E-state index in [1.807, 2.05) is 12.2 Å². The smallest absolute Gasteiger partial charge is 0.331 e. The monoisotopic (exact) mass is 302 g/mol. The van der Waals surface area contributed by atoms with Crippen molar-refractivity contribution in [2.24, 2.45) is 22.7 Å². The van der Waals surface area contributed by atoms with Crippen molar-refractivity contribution in [1.29, 1.82) is 0 Å². The van der Waals surface area contributed by atoms with E-state index < -0.39 is 5.97 Å². The third-order valence-electron chi connectivity index (χ3n) is 6.62. The van der Waals surface area contributed by atoms with Gasteiger partial charge in [0.05, 0.1) is 0 Å². The Hall–Kier alpha value is -1.31. The van der Waals surface area contributed by atoms with Gasteiger partial charge < -0.3 is 5.11 Å². The molecule has 0 aromatic rings. The van der Waals surface area contributed by atoms with Crippen LogP contribution in [0.3, 0.4) is 0 Å². The molecule has 0 bridgehead atoms. The minimum atomic E-state index is -0.720. The van der Waals surface area contributed by atoms with Crippen LogP contribution in [0.2, 0.25) is 0 Å². The van der Waals surface area contributed by atoms with Crippen molar-refractivity contribution in [3.63, 3.8) is 0 Å². The molecule has 2 heteroatoms. The summed E-state index contributed by atoms with van der Waals surface area (Å²) < 4.78 is 0. The van der Waals surface area contributed by atoms with Crippen molar-refractivity contribution in [3.8, 4) is 0 Å². The van der Waals surface area contributed by atoms with Crippen LogP contribution in [0.4, 0.5) is 0 Å². The summed E-state index contributed by atoms with van der Waals surface area (Å²) in [4.78, 5) is 11.7. The largest absolute Gasteiger partial charge is 0.478 e. The summed E-state index contributed by atoms with van der Waals surface area (Å²) in [5.41, 5.74) is 1.85. The summed E-state index contributed by atoms with van der Waals surface area (Å²) in [7, 11) is 0. The fourth-order valence-corrected chi connectivity index (χ4v) is 4.83. The van der Waals surface area contributed by atoms with Crippen LogP contribution in [0.15, 0.2) is 36.0 Å². The maximum Gasteiger partial charge on any atom is 0.331 e. The summed E-state index contributed by atoms with van der Waals surface area (Å²) in [5.74, 6) is 0.336. The number of fused-ring (bicyclic) bond motifs is 1. The maximum absolute atomic E-state index is 11.7. The van der Waals surface area contributed by atoms with E-state index in [-0.39, 0.29) is 10.8 Å². The molecule has 2 nitrogen and oxygen atoms in total. The molecular formula is C20H30O2. The Morgan fingerprint density at radius 3 is 2.73 bits per heavy atom. The number of allylic oxidation sites excluding steroid dienone is 4. The van der Waals surface area contributed by atoms with Gasteiger partial charge in [-0.1, -0.05) is 51.2 Å². The van der Waals surface area contributed by atoms with E-state index >= 15 is 0 Å². The van der Waals surface area contributed by atoms with E-state index in [1.165, 1.54) is 5.57 Å². The van der Waals surface area contributed by atoms with E-state index in [4.69, 9.17) is 0 Å². The van der Waals surface area contributed by atoms with E-state index in [2.05, 4.69) is 40.3 Å². The number of carbonyl (C=O) groups is 1. The second-order valence-electron chi connectivity index (χ2n) is 7.77. The van der Waals surface area contributed by atoms with Gasteiger partial charge in [0.25, 0.3) is 0 Å². The normalized spacial score (nSPS) is 38.9. The van der Waals surface area contributed by atoms with E-state index in [0.717, 1.165) is 32.1 Å². The van der Waals surface area contributed by atoms with Crippen molar-refractivity contribution in [3.05, 3.63) is 36.0 Å². The first-order valence-corrected chi connectivity index (χ1v) is 8.49. The zero-order valence-electron chi connectivity index (χ0n) is 14.5. The maximum atomic E-state index is 11.7. The van der Waals surface area contributed by atoms with Gasteiger partial charge in [-0.2, -0.15) is 0 Å². The summed E-state index contributed by atoms with van der Waals surface area (Å²) >= 11 is 0. The van der Waals surface area contributed by atoms with Crippen molar-refractivity contribution in [2.45, 2.75) is 59.8 Å². The van der Waals surface area contributed by atoms with Crippen LogP contribution in [0, 0.1) is 22.7 Å². The zero-order chi connectivity index (χ0) is 16.5. The highest BCUT2D eigenvalue weighted by molar-refractivity contribution is 5.88. The van der Waals surface area contributed by atoms with Crippen LogP contribution >= 0.6 is 0 Å². The summed E-state index contributed by atoms with van der Waals surface area (Å²) in [6.07, 6.45) is 11.3. The molecular weight excluding hydrogens is 272 g/mol. The molecule has 0 heterocycles. The quantitative estimate of drug-likeness (QED) is 0.709. The van der Waals surface area contributed by atoms with Crippen LogP contribution < -0.4 is 0 Å². The molecule has 122 valence electrons. The summed E-state index contributed by atoms with van der Waals surface area (Å²) in [6.45, 7) is 12.8. The number of hydrogen-bond donors (Lipinski definition) is 1. The number of aliphatic carboxylic acids is 1. The molecule has 0 aromatic carbocycles. The average molecular weight is 302 g/mol. The van der Waals surface area contributed by atoms with Gasteiger partial charge in [-0.15, -0.1) is 0 Å². The molecule has 1 fully saturated rings. The van der Waals surface area contributed by atoms with Gasteiger partial charge in [0.15, 0.2) is 0 Å². The van der Waals surface area contributed by atoms with Crippen molar-refractivity contribution in [2.75, 3.05) is 0 Å². The lowest BCUT2D eigenvalue weighted by atomic mass is 9.47. The number of rotatable bonds is 4. The van der Waals surface area contributed by atoms with Gasteiger partial charge in [-0.25, -0.2) is 4.79 Å². The summed E-state index contributed by atoms with van der Waals surface area (Å²) in [6, 6.07) is 0. The fourth-order valence-electron chi connectivity index (χ4n) is 4.83. The standard InChI is InChI=1S/C20H30O2/c1-6-14(2)10-12-19(4)15(3)11-13-20(5)16(18(21)22)8-7-9-17(19)20/h6,8,10,15,17H,1,7,9,11-13H2,2-5H3,(H,21,22). The molecule has 2 aliphatic rings. The highest BCUT2D eigenvalue weighted by Gasteiger charge is 2.54. The van der Waals surface area contributed by atoms with E-state index in [0.29, 0.717) is 17.4 Å². The Kier molecular flexibility index (Phi) is 4.70. The Balaban J connectivity index is 2.40.